The molecule has 19 heavy (non-hydrogen) atoms. The molecule has 1 rings (SSSR count). The minimum absolute atomic E-state index is 0.0627. The van der Waals surface area contributed by atoms with E-state index in [0.29, 0.717) is 0 Å². The molecule has 1 saturated heterocycles. The van der Waals surface area contributed by atoms with Crippen LogP contribution in [0.5, 0.6) is 0 Å². The number of rotatable bonds is 9. The van der Waals surface area contributed by atoms with E-state index in [1.807, 2.05) is 6.92 Å². The van der Waals surface area contributed by atoms with Gasteiger partial charge in [0.15, 0.2) is 0 Å². The minimum atomic E-state index is -0.815. The first-order valence-electron chi connectivity index (χ1n) is 7.86. The lowest BCUT2D eigenvalue weighted by Crippen LogP contribution is -2.41. The maximum atomic E-state index is 9.85. The summed E-state index contributed by atoms with van der Waals surface area (Å²) in [6, 6.07) is -0.364. The zero-order valence-electron chi connectivity index (χ0n) is 12.5. The van der Waals surface area contributed by atoms with Crippen molar-refractivity contribution < 1.29 is 15.3 Å². The molecule has 4 heteroatoms. The molecular formula is C15H31NO3. The second kappa shape index (κ2) is 8.90. The quantitative estimate of drug-likeness (QED) is 0.557. The average molecular weight is 273 g/mol. The van der Waals surface area contributed by atoms with Crippen LogP contribution in [0.2, 0.25) is 0 Å². The van der Waals surface area contributed by atoms with Crippen molar-refractivity contribution in [1.82, 2.24) is 4.90 Å². The highest BCUT2D eigenvalue weighted by Crippen LogP contribution is 2.25. The Labute approximate surface area is 117 Å². The molecule has 0 aromatic carbocycles. The van der Waals surface area contributed by atoms with Gasteiger partial charge in [-0.2, -0.15) is 0 Å². The van der Waals surface area contributed by atoms with E-state index in [4.69, 9.17) is 0 Å². The van der Waals surface area contributed by atoms with Gasteiger partial charge in [-0.25, -0.2) is 0 Å². The van der Waals surface area contributed by atoms with Gasteiger partial charge in [0.25, 0.3) is 0 Å². The molecule has 1 aliphatic heterocycles. The van der Waals surface area contributed by atoms with E-state index in [0.717, 1.165) is 13.0 Å². The normalized spacial score (nSPS) is 32.1. The summed E-state index contributed by atoms with van der Waals surface area (Å²) in [5.74, 6) is 0. The number of hydrogen-bond acceptors (Lipinski definition) is 4. The minimum Gasteiger partial charge on any atom is -0.395 e. The summed E-state index contributed by atoms with van der Waals surface area (Å²) in [6.07, 6.45) is 7.21. The molecule has 0 saturated carbocycles. The van der Waals surface area contributed by atoms with Gasteiger partial charge in [0.05, 0.1) is 24.9 Å². The third kappa shape index (κ3) is 4.71. The van der Waals surface area contributed by atoms with Crippen molar-refractivity contribution in [2.45, 2.75) is 83.1 Å². The predicted molar refractivity (Wildman–Crippen MR) is 77.0 cm³/mol. The van der Waals surface area contributed by atoms with Crippen molar-refractivity contribution in [3.05, 3.63) is 0 Å². The molecule has 1 fully saturated rings. The van der Waals surface area contributed by atoms with Gasteiger partial charge < -0.3 is 15.3 Å². The molecule has 4 atom stereocenters. The topological polar surface area (TPSA) is 63.9 Å². The smallest absolute Gasteiger partial charge is 0.0991 e. The standard InChI is InChI=1S/C15H31NO3/c1-3-4-5-6-7-8-9-10-16-12(2)14(18)15(19)13(16)11-17/h12-15,17-19H,3-11H2,1-2H3. The molecule has 0 spiro atoms. The highest BCUT2D eigenvalue weighted by Gasteiger charge is 2.44. The first kappa shape index (κ1) is 16.9. The largest absolute Gasteiger partial charge is 0.395 e. The zero-order valence-corrected chi connectivity index (χ0v) is 12.5. The Morgan fingerprint density at radius 3 is 2.05 bits per heavy atom. The molecular weight excluding hydrogens is 242 g/mol. The number of aliphatic hydroxyl groups excluding tert-OH is 3. The Hall–Kier alpha value is -0.160. The number of unbranched alkanes of at least 4 members (excludes halogenated alkanes) is 6. The molecule has 0 radical (unpaired) electrons. The van der Waals surface area contributed by atoms with Crippen LogP contribution in [-0.2, 0) is 0 Å². The van der Waals surface area contributed by atoms with Gasteiger partial charge in [-0.05, 0) is 19.9 Å². The van der Waals surface area contributed by atoms with Gasteiger partial charge in [0.1, 0.15) is 0 Å². The monoisotopic (exact) mass is 273 g/mol. The molecule has 1 aliphatic rings. The lowest BCUT2D eigenvalue weighted by Gasteiger charge is -2.27. The van der Waals surface area contributed by atoms with Crippen LogP contribution >= 0.6 is 0 Å². The molecule has 0 aromatic rings. The summed E-state index contributed by atoms with van der Waals surface area (Å²) in [4.78, 5) is 2.06. The number of aliphatic hydroxyl groups is 3. The number of nitrogens with zero attached hydrogens (tertiary/aromatic N) is 1. The van der Waals surface area contributed by atoms with Crippen molar-refractivity contribution in [1.29, 1.82) is 0 Å². The van der Waals surface area contributed by atoms with Gasteiger partial charge in [-0.1, -0.05) is 45.4 Å². The van der Waals surface area contributed by atoms with E-state index >= 15 is 0 Å². The highest BCUT2D eigenvalue weighted by atomic mass is 16.3. The van der Waals surface area contributed by atoms with Crippen LogP contribution < -0.4 is 0 Å². The fraction of sp³-hybridized carbons (Fsp3) is 1.00. The Bertz CT molecular complexity index is 237. The van der Waals surface area contributed by atoms with Crippen LogP contribution in [0.3, 0.4) is 0 Å². The fourth-order valence-corrected chi connectivity index (χ4v) is 3.04. The van der Waals surface area contributed by atoms with Crippen molar-refractivity contribution in [3.8, 4) is 0 Å². The molecule has 0 amide bonds. The Morgan fingerprint density at radius 1 is 0.895 bits per heavy atom. The molecule has 4 nitrogen and oxygen atoms in total. The first-order valence-corrected chi connectivity index (χ1v) is 7.86. The van der Waals surface area contributed by atoms with E-state index in [9.17, 15) is 15.3 Å². The van der Waals surface area contributed by atoms with E-state index in [2.05, 4.69) is 11.8 Å². The van der Waals surface area contributed by atoms with Crippen LogP contribution in [0.25, 0.3) is 0 Å². The van der Waals surface area contributed by atoms with Crippen LogP contribution in [0, 0.1) is 0 Å². The maximum Gasteiger partial charge on any atom is 0.0991 e. The fourth-order valence-electron chi connectivity index (χ4n) is 3.04. The Kier molecular flexibility index (Phi) is 7.91. The Balaban J connectivity index is 2.20. The van der Waals surface area contributed by atoms with Crippen molar-refractivity contribution in [2.24, 2.45) is 0 Å². The molecule has 1 heterocycles. The van der Waals surface area contributed by atoms with Gasteiger partial charge >= 0.3 is 0 Å². The molecule has 0 aliphatic carbocycles. The van der Waals surface area contributed by atoms with E-state index in [1.165, 1.54) is 38.5 Å². The summed E-state index contributed by atoms with van der Waals surface area (Å²) in [6.45, 7) is 4.92. The van der Waals surface area contributed by atoms with Gasteiger partial charge in [0, 0.05) is 6.04 Å². The summed E-state index contributed by atoms with van der Waals surface area (Å²) in [5, 5.41) is 29.0. The predicted octanol–water partition coefficient (Wildman–Crippen LogP) is 1.52. The Morgan fingerprint density at radius 2 is 1.47 bits per heavy atom. The van der Waals surface area contributed by atoms with Crippen LogP contribution in [0.1, 0.15) is 58.8 Å². The molecule has 114 valence electrons. The average Bonchev–Trinajstić information content (AvgIpc) is 2.62. The first-order chi connectivity index (χ1) is 9.13. The van der Waals surface area contributed by atoms with Crippen LogP contribution in [0.15, 0.2) is 0 Å². The summed E-state index contributed by atoms with van der Waals surface area (Å²) >= 11 is 0. The molecule has 4 unspecified atom stereocenters. The van der Waals surface area contributed by atoms with Crippen LogP contribution in [0.4, 0.5) is 0 Å². The second-order valence-electron chi connectivity index (χ2n) is 5.83. The molecule has 3 N–H and O–H groups in total. The van der Waals surface area contributed by atoms with Crippen molar-refractivity contribution in [3.63, 3.8) is 0 Å². The van der Waals surface area contributed by atoms with Gasteiger partial charge in [-0.15, -0.1) is 0 Å². The van der Waals surface area contributed by atoms with Crippen LogP contribution in [-0.4, -0.2) is 57.7 Å². The molecule has 0 bridgehead atoms. The summed E-state index contributed by atoms with van der Waals surface area (Å²) in [5.41, 5.74) is 0. The lowest BCUT2D eigenvalue weighted by molar-refractivity contribution is 0.0188. The summed E-state index contributed by atoms with van der Waals surface area (Å²) in [7, 11) is 0. The highest BCUT2D eigenvalue weighted by molar-refractivity contribution is 4.98. The summed E-state index contributed by atoms with van der Waals surface area (Å²) < 4.78 is 0. The van der Waals surface area contributed by atoms with E-state index in [1.54, 1.807) is 0 Å². The van der Waals surface area contributed by atoms with Crippen molar-refractivity contribution >= 4 is 0 Å². The van der Waals surface area contributed by atoms with Gasteiger partial charge in [0.2, 0.25) is 0 Å². The van der Waals surface area contributed by atoms with E-state index < -0.39 is 12.2 Å². The van der Waals surface area contributed by atoms with E-state index in [-0.39, 0.29) is 18.7 Å². The molecule has 0 aromatic heterocycles. The second-order valence-corrected chi connectivity index (χ2v) is 5.83. The number of hydrogen-bond donors (Lipinski definition) is 3. The lowest BCUT2D eigenvalue weighted by atomic mass is 10.1. The zero-order chi connectivity index (χ0) is 14.3. The maximum absolute atomic E-state index is 9.85. The SMILES string of the molecule is CCCCCCCCCN1C(C)C(O)C(O)C1CO. The van der Waals surface area contributed by atoms with Crippen molar-refractivity contribution in [2.75, 3.05) is 13.2 Å². The number of likely N-dealkylation sites (tertiary alicyclic amines) is 1. The third-order valence-electron chi connectivity index (χ3n) is 4.39. The van der Waals surface area contributed by atoms with Gasteiger partial charge in [-0.3, -0.25) is 4.90 Å². The third-order valence-corrected chi connectivity index (χ3v) is 4.39.